The van der Waals surface area contributed by atoms with E-state index in [9.17, 15) is 9.59 Å². The van der Waals surface area contributed by atoms with Crippen LogP contribution in [0, 0.1) is 0 Å². The van der Waals surface area contributed by atoms with Crippen LogP contribution in [0.1, 0.15) is 13.8 Å². The van der Waals surface area contributed by atoms with Gasteiger partial charge in [0.05, 0.1) is 10.5 Å². The number of carbonyl (C=O) groups excluding carboxylic acids is 2. The number of hydrazine groups is 2. The van der Waals surface area contributed by atoms with Crippen LogP contribution < -0.4 is 22.5 Å². The van der Waals surface area contributed by atoms with Crippen LogP contribution in [0.4, 0.5) is 0 Å². The Bertz CT molecular complexity index is 179. The van der Waals surface area contributed by atoms with Gasteiger partial charge in [0.1, 0.15) is 0 Å². The van der Waals surface area contributed by atoms with Gasteiger partial charge < -0.3 is 0 Å². The highest BCUT2D eigenvalue weighted by molar-refractivity contribution is 8.01. The second-order valence-electron chi connectivity index (χ2n) is 2.44. The summed E-state index contributed by atoms with van der Waals surface area (Å²) < 4.78 is 0. The van der Waals surface area contributed by atoms with Crippen LogP contribution in [-0.4, -0.2) is 22.3 Å². The quantitative estimate of drug-likeness (QED) is 0.253. The van der Waals surface area contributed by atoms with Crippen LogP contribution in [0.2, 0.25) is 0 Å². The molecule has 0 aliphatic carbocycles. The van der Waals surface area contributed by atoms with Crippen molar-refractivity contribution in [1.29, 1.82) is 0 Å². The highest BCUT2D eigenvalue weighted by atomic mass is 32.2. The summed E-state index contributed by atoms with van der Waals surface area (Å²) in [6.07, 6.45) is 0. The van der Waals surface area contributed by atoms with E-state index < -0.39 is 0 Å². The van der Waals surface area contributed by atoms with Crippen LogP contribution in [0.5, 0.6) is 0 Å². The number of nitrogens with one attached hydrogen (secondary N) is 2. The van der Waals surface area contributed by atoms with Gasteiger partial charge >= 0.3 is 0 Å². The fourth-order valence-corrected chi connectivity index (χ4v) is 1.66. The van der Waals surface area contributed by atoms with Crippen LogP contribution in [0.3, 0.4) is 0 Å². The lowest BCUT2D eigenvalue weighted by molar-refractivity contribution is -0.120. The van der Waals surface area contributed by atoms with E-state index in [2.05, 4.69) is 0 Å². The van der Waals surface area contributed by atoms with E-state index >= 15 is 0 Å². The Morgan fingerprint density at radius 1 is 1.08 bits per heavy atom. The normalized spacial score (nSPS) is 14.5. The van der Waals surface area contributed by atoms with E-state index in [1.54, 1.807) is 13.8 Å². The summed E-state index contributed by atoms with van der Waals surface area (Å²) in [5, 5.41) is -0.755. The van der Waals surface area contributed by atoms with Gasteiger partial charge in [-0.1, -0.05) is 0 Å². The van der Waals surface area contributed by atoms with Gasteiger partial charge in [-0.15, -0.1) is 11.8 Å². The van der Waals surface area contributed by atoms with Crippen LogP contribution in [0.25, 0.3) is 0 Å². The summed E-state index contributed by atoms with van der Waals surface area (Å²) in [6, 6.07) is 0. The lowest BCUT2D eigenvalue weighted by Crippen LogP contribution is -2.40. The SMILES string of the molecule is C[C@@H](S[C@H](C)C(=O)NN)C(=O)NN. The van der Waals surface area contributed by atoms with Crippen molar-refractivity contribution in [1.82, 2.24) is 10.9 Å². The lowest BCUT2D eigenvalue weighted by atomic mass is 10.4. The summed E-state index contributed by atoms with van der Waals surface area (Å²) in [4.78, 5) is 21.9. The molecular formula is C6H14N4O2S. The molecule has 0 radical (unpaired) electrons. The summed E-state index contributed by atoms with van der Waals surface area (Å²) in [5.74, 6) is 9.20. The van der Waals surface area contributed by atoms with Gasteiger partial charge in [0, 0.05) is 0 Å². The highest BCUT2D eigenvalue weighted by Crippen LogP contribution is 2.16. The zero-order valence-electron chi connectivity index (χ0n) is 7.53. The number of rotatable bonds is 4. The Morgan fingerprint density at radius 2 is 1.38 bits per heavy atom. The fraction of sp³-hybridized carbons (Fsp3) is 0.667. The van der Waals surface area contributed by atoms with Crippen molar-refractivity contribution in [2.45, 2.75) is 24.3 Å². The van der Waals surface area contributed by atoms with Crippen molar-refractivity contribution in [2.75, 3.05) is 0 Å². The topological polar surface area (TPSA) is 110 Å². The minimum absolute atomic E-state index is 0.318. The molecule has 0 aromatic heterocycles. The van der Waals surface area contributed by atoms with Crippen molar-refractivity contribution < 1.29 is 9.59 Å². The molecule has 13 heavy (non-hydrogen) atoms. The van der Waals surface area contributed by atoms with E-state index in [0.29, 0.717) is 0 Å². The Kier molecular flexibility index (Phi) is 5.44. The third-order valence-corrected chi connectivity index (χ3v) is 2.68. The van der Waals surface area contributed by atoms with Gasteiger partial charge in [0.25, 0.3) is 0 Å². The number of thioether (sulfide) groups is 1. The van der Waals surface area contributed by atoms with Gasteiger partial charge in [0.2, 0.25) is 11.8 Å². The Hall–Kier alpha value is -0.790. The molecule has 0 aromatic rings. The van der Waals surface area contributed by atoms with E-state index in [1.807, 2.05) is 10.9 Å². The molecule has 0 rings (SSSR count). The molecule has 0 fully saturated rings. The van der Waals surface area contributed by atoms with Crippen molar-refractivity contribution in [2.24, 2.45) is 11.7 Å². The molecule has 0 aliphatic heterocycles. The summed E-state index contributed by atoms with van der Waals surface area (Å²) in [7, 11) is 0. The Labute approximate surface area is 80.7 Å². The predicted molar refractivity (Wildman–Crippen MR) is 51.2 cm³/mol. The number of carbonyl (C=O) groups is 2. The predicted octanol–water partition coefficient (Wildman–Crippen LogP) is -1.52. The maximum atomic E-state index is 10.9. The van der Waals surface area contributed by atoms with Crippen LogP contribution >= 0.6 is 11.8 Å². The highest BCUT2D eigenvalue weighted by Gasteiger charge is 2.19. The molecule has 76 valence electrons. The van der Waals surface area contributed by atoms with Crippen LogP contribution in [-0.2, 0) is 9.59 Å². The Morgan fingerprint density at radius 3 is 1.62 bits per heavy atom. The molecule has 6 nitrogen and oxygen atoms in total. The Balaban J connectivity index is 3.98. The second kappa shape index (κ2) is 5.79. The molecule has 0 saturated carbocycles. The lowest BCUT2D eigenvalue weighted by Gasteiger charge is -2.13. The molecule has 6 N–H and O–H groups in total. The molecule has 2 amide bonds. The zero-order valence-corrected chi connectivity index (χ0v) is 8.35. The number of hydrogen-bond donors (Lipinski definition) is 4. The molecule has 0 aliphatic rings. The third-order valence-electron chi connectivity index (χ3n) is 1.43. The van der Waals surface area contributed by atoms with Gasteiger partial charge in [-0.05, 0) is 13.8 Å². The standard InChI is InChI=1S/C6H14N4O2S/c1-3(5(11)9-7)13-4(2)6(12)10-8/h3-4H,7-8H2,1-2H3,(H,9,11)(H,10,12)/t3-,4-/m1/s1. The maximum Gasteiger partial charge on any atom is 0.246 e. The molecule has 7 heteroatoms. The first-order chi connectivity index (χ1) is 6.02. The monoisotopic (exact) mass is 206 g/mol. The molecule has 0 spiro atoms. The summed E-state index contributed by atoms with van der Waals surface area (Å²) in [5.41, 5.74) is 4.01. The first-order valence-electron chi connectivity index (χ1n) is 3.69. The molecule has 0 aromatic carbocycles. The molecule has 0 saturated heterocycles. The molecule has 2 atom stereocenters. The van der Waals surface area contributed by atoms with Crippen molar-refractivity contribution in [3.05, 3.63) is 0 Å². The summed E-state index contributed by atoms with van der Waals surface area (Å²) in [6.45, 7) is 3.32. The minimum atomic E-state index is -0.378. The van der Waals surface area contributed by atoms with E-state index in [1.165, 1.54) is 11.8 Å². The molecule has 0 bridgehead atoms. The second-order valence-corrected chi connectivity index (χ2v) is 4.12. The van der Waals surface area contributed by atoms with Crippen molar-refractivity contribution in [3.63, 3.8) is 0 Å². The van der Waals surface area contributed by atoms with Gasteiger partial charge in [-0.25, -0.2) is 11.7 Å². The smallest absolute Gasteiger partial charge is 0.246 e. The first-order valence-corrected chi connectivity index (χ1v) is 4.63. The van der Waals surface area contributed by atoms with Crippen molar-refractivity contribution in [3.8, 4) is 0 Å². The third kappa shape index (κ3) is 4.11. The van der Waals surface area contributed by atoms with E-state index in [-0.39, 0.29) is 22.3 Å². The number of nitrogens with two attached hydrogens (primary N) is 2. The van der Waals surface area contributed by atoms with Crippen LogP contribution in [0.15, 0.2) is 0 Å². The van der Waals surface area contributed by atoms with E-state index in [0.717, 1.165) is 0 Å². The summed E-state index contributed by atoms with van der Waals surface area (Å²) >= 11 is 1.18. The number of hydrogen-bond acceptors (Lipinski definition) is 5. The minimum Gasteiger partial charge on any atom is -0.293 e. The average Bonchev–Trinajstić information content (AvgIpc) is 2.14. The van der Waals surface area contributed by atoms with Gasteiger partial charge in [0.15, 0.2) is 0 Å². The molecule has 0 unspecified atom stereocenters. The number of amides is 2. The van der Waals surface area contributed by atoms with Gasteiger partial charge in [-0.3, -0.25) is 20.4 Å². The van der Waals surface area contributed by atoms with Gasteiger partial charge in [-0.2, -0.15) is 0 Å². The first kappa shape index (κ1) is 12.2. The zero-order chi connectivity index (χ0) is 10.4. The largest absolute Gasteiger partial charge is 0.293 e. The average molecular weight is 206 g/mol. The fourth-order valence-electron chi connectivity index (χ4n) is 0.664. The molecular weight excluding hydrogens is 192 g/mol. The molecule has 0 heterocycles. The van der Waals surface area contributed by atoms with Crippen molar-refractivity contribution >= 4 is 23.6 Å². The van der Waals surface area contributed by atoms with E-state index in [4.69, 9.17) is 11.7 Å². The maximum absolute atomic E-state index is 10.9.